The molecule has 0 unspecified atom stereocenters. The van der Waals surface area contributed by atoms with Gasteiger partial charge in [-0.15, -0.1) is 0 Å². The van der Waals surface area contributed by atoms with Gasteiger partial charge in [0.2, 0.25) is 11.9 Å². The predicted octanol–water partition coefficient (Wildman–Crippen LogP) is 1.62. The van der Waals surface area contributed by atoms with E-state index in [-0.39, 0.29) is 23.5 Å². The van der Waals surface area contributed by atoms with Gasteiger partial charge in [0, 0.05) is 44.2 Å². The third kappa shape index (κ3) is 4.19. The van der Waals surface area contributed by atoms with Gasteiger partial charge in [-0.1, -0.05) is 6.42 Å². The van der Waals surface area contributed by atoms with E-state index in [2.05, 4.69) is 25.5 Å². The molecule has 1 aromatic heterocycles. The molecule has 1 spiro atoms. The molecule has 0 bridgehead atoms. The molecule has 1 aromatic rings. The Morgan fingerprint density at radius 1 is 1.31 bits per heavy atom. The van der Waals surface area contributed by atoms with E-state index in [0.29, 0.717) is 13.0 Å². The van der Waals surface area contributed by atoms with Crippen molar-refractivity contribution in [1.82, 2.24) is 15.3 Å². The number of nitrogens with zero attached hydrogens (tertiary/aromatic N) is 3. The number of nitrogens with one attached hydrogen (secondary N) is 2. The second kappa shape index (κ2) is 7.72. The summed E-state index contributed by atoms with van der Waals surface area (Å²) in [6, 6.07) is 1.58. The van der Waals surface area contributed by atoms with Gasteiger partial charge < -0.3 is 25.4 Å². The van der Waals surface area contributed by atoms with Crippen LogP contribution in [-0.4, -0.2) is 65.0 Å². The van der Waals surface area contributed by atoms with Crippen molar-refractivity contribution < 1.29 is 14.6 Å². The highest BCUT2D eigenvalue weighted by atomic mass is 16.5. The number of rotatable bonds is 4. The number of hydrogen-bond acceptors (Lipinski definition) is 7. The topological polar surface area (TPSA) is 99.6 Å². The van der Waals surface area contributed by atoms with Gasteiger partial charge in [0.05, 0.1) is 23.9 Å². The number of carbonyl (C=O) groups is 1. The first kappa shape index (κ1) is 20.3. The fourth-order valence-electron chi connectivity index (χ4n) is 4.68. The highest BCUT2D eigenvalue weighted by Crippen LogP contribution is 2.40. The molecule has 2 aliphatic heterocycles. The Labute approximate surface area is 172 Å². The second-order valence-electron chi connectivity index (χ2n) is 9.15. The van der Waals surface area contributed by atoms with Crippen molar-refractivity contribution >= 4 is 17.7 Å². The third-order valence-electron chi connectivity index (χ3n) is 6.84. The van der Waals surface area contributed by atoms with Crippen molar-refractivity contribution in [2.45, 2.75) is 69.6 Å². The number of piperidine rings is 1. The van der Waals surface area contributed by atoms with E-state index in [0.717, 1.165) is 62.7 Å². The molecular weight excluding hydrogens is 370 g/mol. The van der Waals surface area contributed by atoms with Crippen LogP contribution in [0, 0.1) is 12.8 Å². The van der Waals surface area contributed by atoms with Crippen LogP contribution in [-0.2, 0) is 9.53 Å². The number of amides is 1. The van der Waals surface area contributed by atoms with Gasteiger partial charge >= 0.3 is 0 Å². The van der Waals surface area contributed by atoms with E-state index < -0.39 is 5.60 Å². The summed E-state index contributed by atoms with van der Waals surface area (Å²) in [6.45, 7) is 5.72. The summed E-state index contributed by atoms with van der Waals surface area (Å²) in [5, 5.41) is 17.2. The van der Waals surface area contributed by atoms with Crippen LogP contribution in [0.4, 0.5) is 11.8 Å². The van der Waals surface area contributed by atoms with Crippen LogP contribution in [0.5, 0.6) is 0 Å². The van der Waals surface area contributed by atoms with Gasteiger partial charge in [-0.25, -0.2) is 4.98 Å². The minimum atomic E-state index is -0.973. The van der Waals surface area contributed by atoms with Gasteiger partial charge in [-0.3, -0.25) is 4.79 Å². The molecule has 8 nitrogen and oxygen atoms in total. The lowest BCUT2D eigenvalue weighted by atomic mass is 9.75. The molecule has 160 valence electrons. The standard InChI is InChI=1S/C21H33N5O3/c1-14-11-17(22-3)25-19(23-14)26-9-7-21(8-10-26)13-20(2,28)16(12-29-21)24-18(27)15-5-4-6-15/h11,15-16,28H,4-10,12-13H2,1-3H3,(H,24,27)(H,22,23,25)/t16-,20-/m0/s1. The molecule has 3 heterocycles. The SMILES string of the molecule is CNc1cc(C)nc(N2CCC3(CC2)C[C@](C)(O)[C@@H](NC(=O)C2CCC2)CO3)n1. The first-order valence-corrected chi connectivity index (χ1v) is 10.8. The molecule has 8 heteroatoms. The first-order valence-electron chi connectivity index (χ1n) is 10.8. The summed E-state index contributed by atoms with van der Waals surface area (Å²) >= 11 is 0. The molecule has 1 saturated carbocycles. The summed E-state index contributed by atoms with van der Waals surface area (Å²) in [5.41, 5.74) is -0.395. The van der Waals surface area contributed by atoms with Crippen LogP contribution >= 0.6 is 0 Å². The van der Waals surface area contributed by atoms with E-state index >= 15 is 0 Å². The van der Waals surface area contributed by atoms with Crippen molar-refractivity contribution in [3.63, 3.8) is 0 Å². The zero-order valence-electron chi connectivity index (χ0n) is 17.7. The maximum absolute atomic E-state index is 12.3. The molecule has 0 aromatic carbocycles. The zero-order valence-corrected chi connectivity index (χ0v) is 17.7. The van der Waals surface area contributed by atoms with Crippen LogP contribution < -0.4 is 15.5 Å². The number of aryl methyl sites for hydroxylation is 1. The average Bonchev–Trinajstić information content (AvgIpc) is 2.62. The van der Waals surface area contributed by atoms with Gasteiger partial charge in [-0.2, -0.15) is 4.98 Å². The number of anilines is 2. The van der Waals surface area contributed by atoms with Gasteiger partial charge in [0.25, 0.3) is 0 Å². The van der Waals surface area contributed by atoms with Crippen molar-refractivity contribution in [1.29, 1.82) is 0 Å². The second-order valence-corrected chi connectivity index (χ2v) is 9.15. The van der Waals surface area contributed by atoms with Crippen molar-refractivity contribution in [2.24, 2.45) is 5.92 Å². The Balaban J connectivity index is 1.37. The Morgan fingerprint density at radius 3 is 2.62 bits per heavy atom. The summed E-state index contributed by atoms with van der Waals surface area (Å²) in [6.07, 6.45) is 5.17. The van der Waals surface area contributed by atoms with Gasteiger partial charge in [0.15, 0.2) is 0 Å². The third-order valence-corrected chi connectivity index (χ3v) is 6.84. The largest absolute Gasteiger partial charge is 0.388 e. The van der Waals surface area contributed by atoms with Crippen molar-refractivity contribution in [3.8, 4) is 0 Å². The first-order chi connectivity index (χ1) is 13.8. The maximum Gasteiger partial charge on any atom is 0.227 e. The Hall–Kier alpha value is -1.93. The molecular formula is C21H33N5O3. The van der Waals surface area contributed by atoms with Gasteiger partial charge in [-0.05, 0) is 39.5 Å². The minimum Gasteiger partial charge on any atom is -0.388 e. The quantitative estimate of drug-likeness (QED) is 0.702. The van der Waals surface area contributed by atoms with Gasteiger partial charge in [0.1, 0.15) is 5.82 Å². The number of aromatic nitrogens is 2. The smallest absolute Gasteiger partial charge is 0.227 e. The summed E-state index contributed by atoms with van der Waals surface area (Å²) in [7, 11) is 1.86. The molecule has 3 fully saturated rings. The molecule has 3 aliphatic rings. The Kier molecular flexibility index (Phi) is 5.42. The molecule has 3 N–H and O–H groups in total. The fourth-order valence-corrected chi connectivity index (χ4v) is 4.68. The number of carbonyl (C=O) groups excluding carboxylic acids is 1. The van der Waals surface area contributed by atoms with Crippen molar-refractivity contribution in [3.05, 3.63) is 11.8 Å². The van der Waals surface area contributed by atoms with Crippen LogP contribution in [0.3, 0.4) is 0 Å². The van der Waals surface area contributed by atoms with Crippen LogP contribution in [0.1, 0.15) is 51.1 Å². The van der Waals surface area contributed by atoms with E-state index in [1.54, 1.807) is 0 Å². The minimum absolute atomic E-state index is 0.0628. The number of aliphatic hydroxyl groups is 1. The summed E-state index contributed by atoms with van der Waals surface area (Å²) < 4.78 is 6.29. The molecule has 0 radical (unpaired) electrons. The summed E-state index contributed by atoms with van der Waals surface area (Å²) in [5.74, 6) is 1.72. The Bertz CT molecular complexity index is 757. The zero-order chi connectivity index (χ0) is 20.6. The van der Waals surface area contributed by atoms with E-state index in [9.17, 15) is 9.90 Å². The normalized spacial score (nSPS) is 29.4. The molecule has 2 atom stereocenters. The molecule has 1 amide bonds. The van der Waals surface area contributed by atoms with E-state index in [1.165, 1.54) is 0 Å². The average molecular weight is 404 g/mol. The van der Waals surface area contributed by atoms with Crippen LogP contribution in [0.2, 0.25) is 0 Å². The predicted molar refractivity (Wildman–Crippen MR) is 111 cm³/mol. The number of ether oxygens (including phenoxy) is 1. The molecule has 1 aliphatic carbocycles. The van der Waals surface area contributed by atoms with Crippen molar-refractivity contribution in [2.75, 3.05) is 37.0 Å². The highest BCUT2D eigenvalue weighted by Gasteiger charge is 2.50. The number of hydrogen-bond donors (Lipinski definition) is 3. The lowest BCUT2D eigenvalue weighted by Gasteiger charge is -2.51. The van der Waals surface area contributed by atoms with Crippen LogP contribution in [0.15, 0.2) is 6.07 Å². The van der Waals surface area contributed by atoms with Crippen LogP contribution in [0.25, 0.3) is 0 Å². The monoisotopic (exact) mass is 403 g/mol. The highest BCUT2D eigenvalue weighted by molar-refractivity contribution is 5.79. The lowest BCUT2D eigenvalue weighted by molar-refractivity contribution is -0.182. The lowest BCUT2D eigenvalue weighted by Crippen LogP contribution is -2.64. The Morgan fingerprint density at radius 2 is 2.03 bits per heavy atom. The molecule has 2 saturated heterocycles. The summed E-state index contributed by atoms with van der Waals surface area (Å²) in [4.78, 5) is 23.7. The molecule has 4 rings (SSSR count). The molecule has 29 heavy (non-hydrogen) atoms. The van der Waals surface area contributed by atoms with E-state index in [4.69, 9.17) is 4.74 Å². The maximum atomic E-state index is 12.3. The van der Waals surface area contributed by atoms with E-state index in [1.807, 2.05) is 27.0 Å². The fraction of sp³-hybridized carbons (Fsp3) is 0.762.